The molecule has 0 bridgehead atoms. The van der Waals surface area contributed by atoms with E-state index in [0.29, 0.717) is 38.5 Å². The zero-order chi connectivity index (χ0) is 33.7. The Morgan fingerprint density at radius 2 is 1.35 bits per heavy atom. The first kappa shape index (κ1) is 38.1. The average molecular weight is 638 g/mol. The van der Waals surface area contributed by atoms with Gasteiger partial charge in [0.2, 0.25) is 23.6 Å². The van der Waals surface area contributed by atoms with Crippen LogP contribution in [0.4, 0.5) is 0 Å². The van der Waals surface area contributed by atoms with Crippen molar-refractivity contribution in [2.75, 3.05) is 6.54 Å². The number of aryl methyl sites for hydroxylation is 2. The van der Waals surface area contributed by atoms with Gasteiger partial charge >= 0.3 is 0 Å². The van der Waals surface area contributed by atoms with E-state index < -0.39 is 41.8 Å². The zero-order valence-electron chi connectivity index (χ0n) is 27.2. The highest BCUT2D eigenvalue weighted by Gasteiger charge is 2.29. The lowest BCUT2D eigenvalue weighted by molar-refractivity contribution is -0.133. The number of nitrogens with one attached hydrogen (secondary N) is 4. The first-order chi connectivity index (χ1) is 22.2. The van der Waals surface area contributed by atoms with Crippen molar-refractivity contribution in [3.05, 3.63) is 71.3 Å². The predicted octanol–water partition coefficient (Wildman–Crippen LogP) is 3.19. The van der Waals surface area contributed by atoms with Crippen LogP contribution in [0.1, 0.15) is 87.8 Å². The van der Waals surface area contributed by atoms with E-state index in [9.17, 15) is 24.0 Å². The van der Waals surface area contributed by atoms with Crippen molar-refractivity contribution in [1.82, 2.24) is 21.4 Å². The molecule has 0 aliphatic heterocycles. The molecule has 252 valence electrons. The van der Waals surface area contributed by atoms with E-state index in [2.05, 4.69) is 22.9 Å². The number of hydrogen-bond donors (Lipinski definition) is 6. The zero-order valence-corrected chi connectivity index (χ0v) is 27.2. The molecule has 11 heteroatoms. The summed E-state index contributed by atoms with van der Waals surface area (Å²) in [5.74, 6) is -2.07. The molecule has 3 atom stereocenters. The minimum atomic E-state index is -0.973. The van der Waals surface area contributed by atoms with Crippen molar-refractivity contribution in [1.29, 1.82) is 0 Å². The Bertz CT molecular complexity index is 1260. The van der Waals surface area contributed by atoms with Crippen molar-refractivity contribution in [3.63, 3.8) is 0 Å². The normalized spacial score (nSPS) is 12.8. The summed E-state index contributed by atoms with van der Waals surface area (Å²) in [6, 6.07) is 14.6. The lowest BCUT2D eigenvalue weighted by atomic mass is 9.97. The number of carbonyl (C=O) groups is 5. The van der Waals surface area contributed by atoms with Crippen molar-refractivity contribution in [2.24, 2.45) is 5.73 Å². The molecule has 0 spiro atoms. The molecule has 0 aliphatic rings. The average Bonchev–Trinajstić information content (AvgIpc) is 3.06. The number of hydroxylamine groups is 1. The fourth-order valence-electron chi connectivity index (χ4n) is 5.21. The number of rotatable bonds is 22. The third-order valence-electron chi connectivity index (χ3n) is 7.97. The van der Waals surface area contributed by atoms with Gasteiger partial charge in [0.15, 0.2) is 5.78 Å². The molecule has 0 aliphatic carbocycles. The van der Waals surface area contributed by atoms with E-state index in [1.807, 2.05) is 61.5 Å². The monoisotopic (exact) mass is 637 g/mol. The Hall–Kier alpha value is -4.09. The van der Waals surface area contributed by atoms with Gasteiger partial charge in [0.1, 0.15) is 12.1 Å². The van der Waals surface area contributed by atoms with Crippen LogP contribution in [-0.2, 0) is 36.8 Å². The standard InChI is InChI=1S/C35H51N5O6/c1-3-4-7-19-31(41)30(23-26-15-8-5-9-16-26)39-35(45)29(22-21-27-17-13-12-14-25(27)2)38-34(44)28(37-33(43)24-36)18-10-6-11-20-32(42)40-46/h5,8-9,12-17,28-30,46H,3-4,6-7,10-11,18-24,36H2,1-2H3,(H,37,43)(H,38,44)(H,39,45)(H,40,42)/t28-,29-,30-/m0/s1. The summed E-state index contributed by atoms with van der Waals surface area (Å²) in [5.41, 5.74) is 10.1. The smallest absolute Gasteiger partial charge is 0.243 e. The van der Waals surface area contributed by atoms with E-state index in [1.54, 1.807) is 5.48 Å². The molecule has 2 rings (SSSR count). The third kappa shape index (κ3) is 14.3. The molecule has 0 fully saturated rings. The number of ketones is 1. The number of benzene rings is 2. The minimum absolute atomic E-state index is 0.0578. The fraction of sp³-hybridized carbons (Fsp3) is 0.514. The van der Waals surface area contributed by atoms with Gasteiger partial charge in [0.05, 0.1) is 12.6 Å². The van der Waals surface area contributed by atoms with Crippen molar-refractivity contribution < 1.29 is 29.2 Å². The second-order valence-corrected chi connectivity index (χ2v) is 11.7. The number of Topliss-reactive ketones (excluding diaryl/α,β-unsaturated/α-hetero) is 1. The summed E-state index contributed by atoms with van der Waals surface area (Å²) in [5, 5.41) is 17.1. The van der Waals surface area contributed by atoms with Gasteiger partial charge in [0.25, 0.3) is 0 Å². The molecule has 7 N–H and O–H groups in total. The van der Waals surface area contributed by atoms with Crippen LogP contribution in [0.15, 0.2) is 54.6 Å². The number of hydrogen-bond acceptors (Lipinski definition) is 7. The van der Waals surface area contributed by atoms with Gasteiger partial charge < -0.3 is 21.7 Å². The van der Waals surface area contributed by atoms with Gasteiger partial charge in [-0.2, -0.15) is 0 Å². The lowest BCUT2D eigenvalue weighted by Crippen LogP contribution is -2.56. The Kier molecular flexibility index (Phi) is 17.9. The van der Waals surface area contributed by atoms with Crippen LogP contribution in [0.5, 0.6) is 0 Å². The minimum Gasteiger partial charge on any atom is -0.344 e. The van der Waals surface area contributed by atoms with E-state index >= 15 is 0 Å². The quantitative estimate of drug-likeness (QED) is 0.0652. The third-order valence-corrected chi connectivity index (χ3v) is 7.97. The highest BCUT2D eigenvalue weighted by Crippen LogP contribution is 2.14. The number of carbonyl (C=O) groups excluding carboxylic acids is 5. The summed E-state index contributed by atoms with van der Waals surface area (Å²) in [6.07, 6.45) is 6.04. The molecule has 2 aromatic carbocycles. The van der Waals surface area contributed by atoms with Gasteiger partial charge in [-0.1, -0.05) is 87.2 Å². The molecule has 0 saturated heterocycles. The molecule has 0 unspecified atom stereocenters. The van der Waals surface area contributed by atoms with E-state index in [0.717, 1.165) is 36.0 Å². The Morgan fingerprint density at radius 1 is 0.717 bits per heavy atom. The van der Waals surface area contributed by atoms with Crippen molar-refractivity contribution >= 4 is 29.4 Å². The number of unbranched alkanes of at least 4 members (excludes halogenated alkanes) is 4. The van der Waals surface area contributed by atoms with Gasteiger partial charge in [-0.05, 0) is 62.1 Å². The summed E-state index contributed by atoms with van der Waals surface area (Å²) < 4.78 is 0. The molecular formula is C35H51N5O6. The summed E-state index contributed by atoms with van der Waals surface area (Å²) >= 11 is 0. The predicted molar refractivity (Wildman–Crippen MR) is 177 cm³/mol. The molecule has 2 aromatic rings. The Morgan fingerprint density at radius 3 is 2.00 bits per heavy atom. The molecule has 0 radical (unpaired) electrons. The summed E-state index contributed by atoms with van der Waals surface area (Å²) in [6.45, 7) is 3.74. The highest BCUT2D eigenvalue weighted by molar-refractivity contribution is 5.95. The highest BCUT2D eigenvalue weighted by atomic mass is 16.5. The van der Waals surface area contributed by atoms with Gasteiger partial charge in [-0.3, -0.25) is 29.2 Å². The number of nitrogens with two attached hydrogens (primary N) is 1. The maximum atomic E-state index is 13.9. The first-order valence-electron chi connectivity index (χ1n) is 16.3. The molecular weight excluding hydrogens is 586 g/mol. The second kappa shape index (κ2) is 21.6. The van der Waals surface area contributed by atoms with E-state index in [1.165, 1.54) is 0 Å². The van der Waals surface area contributed by atoms with Gasteiger partial charge in [0, 0.05) is 12.8 Å². The lowest BCUT2D eigenvalue weighted by Gasteiger charge is -2.26. The van der Waals surface area contributed by atoms with Crippen LogP contribution >= 0.6 is 0 Å². The van der Waals surface area contributed by atoms with Crippen LogP contribution in [0.25, 0.3) is 0 Å². The topological polar surface area (TPSA) is 180 Å². The fourth-order valence-corrected chi connectivity index (χ4v) is 5.21. The van der Waals surface area contributed by atoms with E-state index in [4.69, 9.17) is 10.9 Å². The van der Waals surface area contributed by atoms with Crippen LogP contribution < -0.4 is 27.2 Å². The molecule has 4 amide bonds. The summed E-state index contributed by atoms with van der Waals surface area (Å²) in [7, 11) is 0. The Labute approximate surface area is 272 Å². The van der Waals surface area contributed by atoms with Crippen molar-refractivity contribution in [3.8, 4) is 0 Å². The molecule has 11 nitrogen and oxygen atoms in total. The Balaban J connectivity index is 2.25. The first-order valence-corrected chi connectivity index (χ1v) is 16.3. The number of amides is 4. The largest absolute Gasteiger partial charge is 0.344 e. The molecule has 0 aromatic heterocycles. The van der Waals surface area contributed by atoms with Crippen LogP contribution in [0, 0.1) is 6.92 Å². The van der Waals surface area contributed by atoms with E-state index in [-0.39, 0.29) is 31.6 Å². The van der Waals surface area contributed by atoms with Crippen LogP contribution in [0.2, 0.25) is 0 Å². The molecule has 46 heavy (non-hydrogen) atoms. The van der Waals surface area contributed by atoms with Crippen molar-refractivity contribution in [2.45, 2.75) is 109 Å². The van der Waals surface area contributed by atoms with Crippen LogP contribution in [0.3, 0.4) is 0 Å². The van der Waals surface area contributed by atoms with Gasteiger partial charge in [-0.15, -0.1) is 0 Å². The summed E-state index contributed by atoms with van der Waals surface area (Å²) in [4.78, 5) is 64.3. The van der Waals surface area contributed by atoms with Gasteiger partial charge in [-0.25, -0.2) is 5.48 Å². The maximum Gasteiger partial charge on any atom is 0.243 e. The molecule has 0 heterocycles. The molecule has 0 saturated carbocycles. The van der Waals surface area contributed by atoms with Crippen LogP contribution in [-0.4, -0.2) is 59.3 Å². The SMILES string of the molecule is CCCCCC(=O)[C@H](Cc1ccccc1)NC(=O)[C@H](CCc1ccccc1C)NC(=O)[C@H](CCCCCC(=O)NO)NC(=O)CN. The maximum absolute atomic E-state index is 13.9. The second-order valence-electron chi connectivity index (χ2n) is 11.7.